The smallest absolute Gasteiger partial charge is 0.000959 e. The van der Waals surface area contributed by atoms with Gasteiger partial charge in [0.1, 0.15) is 0 Å². The summed E-state index contributed by atoms with van der Waals surface area (Å²) in [7, 11) is 6.51. The van der Waals surface area contributed by atoms with Gasteiger partial charge in [0.2, 0.25) is 0 Å². The summed E-state index contributed by atoms with van der Waals surface area (Å²) < 4.78 is 0. The second-order valence-electron chi connectivity index (χ2n) is 8.94. The predicted molar refractivity (Wildman–Crippen MR) is 162 cm³/mol. The Balaban J connectivity index is -0.000000162. The quantitative estimate of drug-likeness (QED) is 0.365. The fourth-order valence-electron chi connectivity index (χ4n) is 4.00. The van der Waals surface area contributed by atoms with Crippen LogP contribution in [0.15, 0.2) is 0 Å². The molecule has 3 aliphatic heterocycles. The van der Waals surface area contributed by atoms with Crippen LogP contribution in [0.25, 0.3) is 0 Å². The third kappa shape index (κ3) is 31.9. The van der Waals surface area contributed by atoms with Crippen molar-refractivity contribution in [1.29, 1.82) is 0 Å². The lowest BCUT2D eigenvalue weighted by molar-refractivity contribution is 0.229. The number of rotatable bonds is 1. The Morgan fingerprint density at radius 3 is 0.824 bits per heavy atom. The van der Waals surface area contributed by atoms with Gasteiger partial charge < -0.3 is 14.7 Å². The maximum atomic E-state index is 2.39. The summed E-state index contributed by atoms with van der Waals surface area (Å²) in [6, 6.07) is 0. The largest absolute Gasteiger partial charge is 0.306 e. The van der Waals surface area contributed by atoms with Gasteiger partial charge in [-0.05, 0) is 98.4 Å². The molecule has 1 aliphatic carbocycles. The van der Waals surface area contributed by atoms with Gasteiger partial charge in [-0.15, -0.1) is 0 Å². The molecular weight excluding hydrogens is 414 g/mol. The average Bonchev–Trinajstić information content (AvgIpc) is 3.40. The van der Waals surface area contributed by atoms with Crippen molar-refractivity contribution in [3.8, 4) is 0 Å². The molecule has 1 saturated carbocycles. The highest BCUT2D eigenvalue weighted by atomic mass is 15.1. The number of hydrogen-bond donors (Lipinski definition) is 0. The molecule has 0 radical (unpaired) electrons. The van der Waals surface area contributed by atoms with E-state index >= 15 is 0 Å². The van der Waals surface area contributed by atoms with Gasteiger partial charge in [-0.3, -0.25) is 0 Å². The minimum absolute atomic E-state index is 1.09. The average molecular weight is 488 g/mol. The molecule has 4 fully saturated rings. The van der Waals surface area contributed by atoms with E-state index in [1.54, 1.807) is 0 Å². The zero-order valence-corrected chi connectivity index (χ0v) is 26.6. The molecular formula is C31H73N3. The first-order valence-corrected chi connectivity index (χ1v) is 15.7. The number of hydrogen-bond acceptors (Lipinski definition) is 3. The molecule has 0 amide bonds. The lowest BCUT2D eigenvalue weighted by Crippen LogP contribution is -2.32. The molecule has 0 spiro atoms. The zero-order chi connectivity index (χ0) is 27.0. The first kappa shape index (κ1) is 41.0. The van der Waals surface area contributed by atoms with Crippen molar-refractivity contribution in [3.63, 3.8) is 0 Å². The first-order valence-electron chi connectivity index (χ1n) is 15.7. The van der Waals surface area contributed by atoms with E-state index in [1.165, 1.54) is 116 Å². The van der Waals surface area contributed by atoms with Gasteiger partial charge in [0.05, 0.1) is 0 Å². The highest BCUT2D eigenvalue weighted by Gasteiger charge is 2.09. The maximum absolute atomic E-state index is 2.39. The van der Waals surface area contributed by atoms with Crippen LogP contribution in [-0.4, -0.2) is 75.1 Å². The molecule has 0 aromatic rings. The molecule has 0 atom stereocenters. The Kier molecular flexibility index (Phi) is 45.2. The van der Waals surface area contributed by atoms with Crippen LogP contribution in [0.1, 0.15) is 139 Å². The normalized spacial score (nSPS) is 19.8. The van der Waals surface area contributed by atoms with Gasteiger partial charge in [0.15, 0.2) is 0 Å². The predicted octanol–water partition coefficient (Wildman–Crippen LogP) is 9.22. The molecule has 3 saturated heterocycles. The molecule has 0 aromatic carbocycles. The maximum Gasteiger partial charge on any atom is -0.000959 e. The summed E-state index contributed by atoms with van der Waals surface area (Å²) in [5.74, 6) is 1.09. The van der Waals surface area contributed by atoms with Crippen LogP contribution in [0.3, 0.4) is 0 Å². The van der Waals surface area contributed by atoms with Crippen molar-refractivity contribution in [3.05, 3.63) is 0 Å². The Bertz CT molecular complexity index is 287. The van der Waals surface area contributed by atoms with Crippen LogP contribution in [-0.2, 0) is 0 Å². The fraction of sp³-hybridized carbons (Fsp3) is 1.00. The van der Waals surface area contributed by atoms with Crippen molar-refractivity contribution in [1.82, 2.24) is 14.7 Å². The Morgan fingerprint density at radius 2 is 0.676 bits per heavy atom. The molecule has 0 unspecified atom stereocenters. The van der Waals surface area contributed by atoms with Crippen molar-refractivity contribution in [2.45, 2.75) is 139 Å². The molecule has 3 nitrogen and oxygen atoms in total. The number of likely N-dealkylation sites (tertiary alicyclic amines) is 3. The molecule has 3 heterocycles. The van der Waals surface area contributed by atoms with E-state index in [2.05, 4.69) is 42.8 Å². The van der Waals surface area contributed by atoms with Crippen LogP contribution < -0.4 is 0 Å². The summed E-state index contributed by atoms with van der Waals surface area (Å²) in [5.41, 5.74) is 0. The summed E-state index contributed by atoms with van der Waals surface area (Å²) in [6.07, 6.45) is 17.4. The Morgan fingerprint density at radius 1 is 0.412 bits per heavy atom. The molecule has 0 bridgehead atoms. The third-order valence-corrected chi connectivity index (χ3v) is 6.29. The van der Waals surface area contributed by atoms with Gasteiger partial charge >= 0.3 is 0 Å². The molecule has 34 heavy (non-hydrogen) atoms. The Labute approximate surface area is 220 Å². The minimum atomic E-state index is 1.09. The summed E-state index contributed by atoms with van der Waals surface area (Å²) in [4.78, 5) is 7.06. The molecule has 4 rings (SSSR count). The van der Waals surface area contributed by atoms with Gasteiger partial charge in [0.25, 0.3) is 0 Å². The monoisotopic (exact) mass is 488 g/mol. The molecule has 3 heteroatoms. The van der Waals surface area contributed by atoms with E-state index in [0.717, 1.165) is 5.92 Å². The van der Waals surface area contributed by atoms with Crippen molar-refractivity contribution >= 4 is 0 Å². The first-order chi connectivity index (χ1) is 16.6. The van der Waals surface area contributed by atoms with E-state index in [4.69, 9.17) is 0 Å². The van der Waals surface area contributed by atoms with Gasteiger partial charge in [-0.2, -0.15) is 0 Å². The van der Waals surface area contributed by atoms with Gasteiger partial charge in [0, 0.05) is 0 Å². The van der Waals surface area contributed by atoms with Crippen molar-refractivity contribution in [2.75, 3.05) is 60.4 Å². The third-order valence-electron chi connectivity index (χ3n) is 6.29. The second kappa shape index (κ2) is 37.4. The summed E-state index contributed by atoms with van der Waals surface area (Å²) in [6.45, 7) is 26.2. The van der Waals surface area contributed by atoms with Gasteiger partial charge in [-0.25, -0.2) is 0 Å². The SMILES string of the molecule is CC.CC.CC.CC.CCC1CCCCC1.CN1CCC1.CN1CCCC1.CN1CCCCC1. The Hall–Kier alpha value is -0.120. The summed E-state index contributed by atoms with van der Waals surface area (Å²) >= 11 is 0. The molecule has 4 aliphatic rings. The minimum Gasteiger partial charge on any atom is -0.306 e. The van der Waals surface area contributed by atoms with Crippen LogP contribution in [0.5, 0.6) is 0 Å². The highest BCUT2D eigenvalue weighted by molar-refractivity contribution is 4.63. The number of piperidine rings is 1. The van der Waals surface area contributed by atoms with Crippen molar-refractivity contribution in [2.24, 2.45) is 5.92 Å². The summed E-state index contributed by atoms with van der Waals surface area (Å²) in [5, 5.41) is 0. The van der Waals surface area contributed by atoms with E-state index in [1.807, 2.05) is 55.4 Å². The van der Waals surface area contributed by atoms with E-state index in [9.17, 15) is 0 Å². The van der Waals surface area contributed by atoms with Crippen LogP contribution in [0.2, 0.25) is 0 Å². The lowest BCUT2D eigenvalue weighted by atomic mass is 9.88. The van der Waals surface area contributed by atoms with Gasteiger partial charge in [-0.1, -0.05) is 107 Å². The molecule has 212 valence electrons. The molecule has 0 N–H and O–H groups in total. The second-order valence-corrected chi connectivity index (χ2v) is 8.94. The fourth-order valence-corrected chi connectivity index (χ4v) is 4.00. The standard InChI is InChI=1S/C8H16.C6H13N.C5H11N.C4H9N.4C2H6/c1-2-8-6-4-3-5-7-8;1-7-5-3-2-4-6-7;1-6-4-2-3-5-6;1-5-3-2-4-5;4*1-2/h8H,2-7H2,1H3;2-6H2,1H3;2-5H2,1H3;2-4H2,1H3;4*1-2H3. The molecule has 0 aromatic heterocycles. The topological polar surface area (TPSA) is 9.72 Å². The van der Waals surface area contributed by atoms with E-state index in [0.29, 0.717) is 0 Å². The zero-order valence-electron chi connectivity index (χ0n) is 26.6. The van der Waals surface area contributed by atoms with Crippen LogP contribution >= 0.6 is 0 Å². The van der Waals surface area contributed by atoms with Crippen molar-refractivity contribution < 1.29 is 0 Å². The van der Waals surface area contributed by atoms with Crippen LogP contribution in [0.4, 0.5) is 0 Å². The number of nitrogens with zero attached hydrogens (tertiary/aromatic N) is 3. The van der Waals surface area contributed by atoms with Crippen LogP contribution in [0, 0.1) is 5.92 Å². The van der Waals surface area contributed by atoms with E-state index in [-0.39, 0.29) is 0 Å². The van der Waals surface area contributed by atoms with E-state index < -0.39 is 0 Å². The lowest BCUT2D eigenvalue weighted by Gasteiger charge is -2.24. The highest BCUT2D eigenvalue weighted by Crippen LogP contribution is 2.25.